The maximum atomic E-state index is 12.8. The molecule has 9 aromatic rings. The molecule has 12 nitrogen and oxygen atoms in total. The van der Waals surface area contributed by atoms with Crippen LogP contribution in [0.25, 0.3) is 11.1 Å². The Morgan fingerprint density at radius 3 is 1.07 bits per heavy atom. The zero-order valence-electron chi connectivity index (χ0n) is 51.5. The van der Waals surface area contributed by atoms with Gasteiger partial charge in [0.05, 0.1) is 19.8 Å². The molecule has 15 heteroatoms. The van der Waals surface area contributed by atoms with E-state index in [4.69, 9.17) is 38.7 Å². The van der Waals surface area contributed by atoms with Crippen molar-refractivity contribution in [1.29, 1.82) is 0 Å². The molecule has 2 N–H and O–H groups in total. The molecule has 0 saturated carbocycles. The first-order valence-electron chi connectivity index (χ1n) is 28.8. The van der Waals surface area contributed by atoms with Gasteiger partial charge < -0.3 is 29.3 Å². The Morgan fingerprint density at radius 2 is 0.728 bits per heavy atom. The van der Waals surface area contributed by atoms with Crippen LogP contribution in [0.15, 0.2) is 292 Å². The number of esters is 2. The van der Waals surface area contributed by atoms with Crippen molar-refractivity contribution in [2.45, 2.75) is 60.8 Å². The minimum absolute atomic E-state index is 0. The Hall–Kier alpha value is -9.82. The summed E-state index contributed by atoms with van der Waals surface area (Å²) in [5, 5.41) is 17.2. The SMILES string of the molecule is C.COC(=O)/C(=C(/C)Cc1cccc(C/C(=C(\C)c2ccccc2)N(c2ccccc2)c2ccccc2)c1)c1ccccc1.COC(=O)/C(Br)=C(/C)Cc1cccc(C/C(=C(\C)Br)N(c2ccccc2)c2ccccc2)c1.O=C=O.O=C=O.OB(O)c1ccccc1.[2HH]. The molecule has 9 rings (SSSR count). The van der Waals surface area contributed by atoms with Gasteiger partial charge in [0.1, 0.15) is 4.48 Å². The first-order valence-corrected chi connectivity index (χ1v) is 30.4. The highest BCUT2D eigenvalue weighted by atomic mass is 79.9. The molecule has 0 bridgehead atoms. The molecule has 0 radical (unpaired) electrons. The highest BCUT2D eigenvalue weighted by Gasteiger charge is 2.22. The number of carbonyl (C=O) groups excluding carboxylic acids is 6. The summed E-state index contributed by atoms with van der Waals surface area (Å²) >= 11 is 7.13. The number of hydrogen-bond acceptors (Lipinski definition) is 12. The lowest BCUT2D eigenvalue weighted by Gasteiger charge is -2.30. The molecule has 92 heavy (non-hydrogen) atoms. The highest BCUT2D eigenvalue weighted by molar-refractivity contribution is 9.12. The van der Waals surface area contributed by atoms with Crippen molar-refractivity contribution in [2.75, 3.05) is 24.0 Å². The number of anilines is 4. The van der Waals surface area contributed by atoms with Gasteiger partial charge in [-0.1, -0.05) is 241 Å². The Bertz CT molecular complexity index is 3830. The smallest absolute Gasteiger partial charge is 0.465 e. The van der Waals surface area contributed by atoms with E-state index in [1.165, 1.54) is 42.2 Å². The summed E-state index contributed by atoms with van der Waals surface area (Å²) in [4.78, 5) is 61.8. The van der Waals surface area contributed by atoms with Gasteiger partial charge in [0.15, 0.2) is 0 Å². The summed E-state index contributed by atoms with van der Waals surface area (Å²) in [6, 6.07) is 88.1. The molecule has 9 aromatic carbocycles. The van der Waals surface area contributed by atoms with Crippen LogP contribution in [0.5, 0.6) is 0 Å². The maximum Gasteiger partial charge on any atom is 0.488 e. The quantitative estimate of drug-likeness (QED) is 0.0447. The molecule has 0 unspecified atom stereocenters. The Morgan fingerprint density at radius 1 is 0.424 bits per heavy atom. The van der Waals surface area contributed by atoms with Crippen LogP contribution in [-0.2, 0) is 63.9 Å². The molecule has 0 amide bonds. The monoisotopic (exact) mass is 1360 g/mol. The number of halogens is 2. The Kier molecular flexibility index (Phi) is 33.1. The predicted octanol–water partition coefficient (Wildman–Crippen LogP) is 16.8. The number of hydrogen-bond donors (Lipinski definition) is 2. The summed E-state index contributed by atoms with van der Waals surface area (Å²) in [6.45, 7) is 8.25. The van der Waals surface area contributed by atoms with E-state index in [1.54, 1.807) is 24.3 Å². The second-order valence-corrected chi connectivity index (χ2v) is 22.3. The van der Waals surface area contributed by atoms with E-state index in [0.717, 1.165) is 73.6 Å². The number of rotatable bonds is 19. The second-order valence-electron chi connectivity index (χ2n) is 20.3. The molecular formula is C77H77BBr2N2O10. The number of para-hydroxylation sites is 4. The van der Waals surface area contributed by atoms with Crippen molar-refractivity contribution >= 4 is 103 Å². The number of methoxy groups -OCH3 is 2. The van der Waals surface area contributed by atoms with Crippen LogP contribution in [-0.4, -0.2) is 55.6 Å². The number of nitrogens with zero attached hydrogens (tertiary/aromatic N) is 2. The van der Waals surface area contributed by atoms with E-state index in [9.17, 15) is 9.59 Å². The third kappa shape index (κ3) is 23.5. The fourth-order valence-electron chi connectivity index (χ4n) is 9.82. The van der Waals surface area contributed by atoms with E-state index in [2.05, 4.69) is 244 Å². The molecular weight excluding hydrogens is 1280 g/mol. The van der Waals surface area contributed by atoms with E-state index >= 15 is 0 Å². The fourth-order valence-corrected chi connectivity index (χ4v) is 10.4. The molecule has 0 spiro atoms. The standard InChI is InChI=1S/C40H37NO2.C28H27Br2NO2.C6H7BO2.2CO2.CH4.H2/c1-30(39(40(42)43-3)35-21-10-5-11-22-35)27-32-17-16-18-33(28-32)29-38(31(2)34-19-8-4-9-20-34)41(36-23-12-6-13-24-36)37-25-14-7-15-26-37;1-20(27(30)28(32)33-3)17-22-11-10-12-23(18-22)19-26(21(2)29)31(24-13-6-4-7-14-24)25-15-8-5-9-16-25;8-7(9)6-4-2-1-3-5-6;2*2-1-3;;/h4-26,28H,27,29H2,1-3H3;4-16,18H,17,19H2,1-3H3;1-5,8-9H;;;1H4;1H/b38-31-,39-30-;26-21-,27-20+;;;;;/i;;;;;;1+1. The van der Waals surface area contributed by atoms with Gasteiger partial charge in [0, 0.05) is 52.9 Å². The summed E-state index contributed by atoms with van der Waals surface area (Å²) in [7, 11) is 1.48. The minimum atomic E-state index is -1.34. The first kappa shape index (κ1) is 74.6. The van der Waals surface area contributed by atoms with Gasteiger partial charge in [-0.2, -0.15) is 19.2 Å². The molecule has 0 saturated heterocycles. The molecule has 0 heterocycles. The van der Waals surface area contributed by atoms with E-state index in [0.29, 0.717) is 28.4 Å². The Labute approximate surface area is 559 Å². The van der Waals surface area contributed by atoms with Gasteiger partial charge in [-0.05, 0) is 155 Å². The van der Waals surface area contributed by atoms with Crippen LogP contribution in [0.4, 0.5) is 22.7 Å². The third-order valence-electron chi connectivity index (χ3n) is 14.0. The topological polar surface area (TPSA) is 168 Å². The van der Waals surface area contributed by atoms with Gasteiger partial charge in [0.25, 0.3) is 0 Å². The number of allylic oxidation sites excluding steroid dienone is 6. The van der Waals surface area contributed by atoms with Crippen molar-refractivity contribution < 1.29 is 49.7 Å². The van der Waals surface area contributed by atoms with Crippen LogP contribution in [0.1, 0.15) is 69.9 Å². The average Bonchev–Trinajstić information content (AvgIpc) is 0.866. The molecule has 0 aliphatic carbocycles. The number of ether oxygens (including phenoxy) is 2. The zero-order valence-corrected chi connectivity index (χ0v) is 54.7. The molecule has 0 aliphatic rings. The number of benzene rings is 9. The highest BCUT2D eigenvalue weighted by Crippen LogP contribution is 2.37. The lowest BCUT2D eigenvalue weighted by atomic mass is 9.81. The minimum Gasteiger partial charge on any atom is -0.465 e. The summed E-state index contributed by atoms with van der Waals surface area (Å²) < 4.78 is 11.5. The average molecular weight is 1360 g/mol. The molecule has 472 valence electrons. The van der Waals surface area contributed by atoms with Crippen LogP contribution < -0.4 is 15.3 Å². The van der Waals surface area contributed by atoms with Crippen molar-refractivity contribution in [1.82, 2.24) is 0 Å². The van der Waals surface area contributed by atoms with Gasteiger partial charge in [-0.3, -0.25) is 0 Å². The normalized spacial score (nSPS) is 11.2. The maximum absolute atomic E-state index is 12.8. The van der Waals surface area contributed by atoms with Crippen molar-refractivity contribution in [3.63, 3.8) is 0 Å². The zero-order chi connectivity index (χ0) is 65.9. The van der Waals surface area contributed by atoms with Gasteiger partial charge in [-0.15, -0.1) is 0 Å². The van der Waals surface area contributed by atoms with Gasteiger partial charge in [0.2, 0.25) is 0 Å². The lowest BCUT2D eigenvalue weighted by molar-refractivity contribution is -0.193. The van der Waals surface area contributed by atoms with Crippen LogP contribution in [0, 0.1) is 0 Å². The van der Waals surface area contributed by atoms with Crippen molar-refractivity contribution in [3.05, 3.63) is 326 Å². The van der Waals surface area contributed by atoms with Crippen LogP contribution >= 0.6 is 31.9 Å². The van der Waals surface area contributed by atoms with Crippen LogP contribution in [0.3, 0.4) is 0 Å². The summed E-state index contributed by atoms with van der Waals surface area (Å²) in [6.07, 6.45) is 3.28. The molecule has 0 fully saturated rings. The Balaban J connectivity index is 0.000000398. The van der Waals surface area contributed by atoms with Crippen molar-refractivity contribution in [3.8, 4) is 0 Å². The van der Waals surface area contributed by atoms with Crippen molar-refractivity contribution in [2.24, 2.45) is 0 Å². The van der Waals surface area contributed by atoms with Gasteiger partial charge in [-0.25, -0.2) is 9.59 Å². The predicted molar refractivity (Wildman–Crippen MR) is 378 cm³/mol. The largest absolute Gasteiger partial charge is 0.488 e. The first-order chi connectivity index (χ1) is 44.1. The molecule has 0 aliphatic heterocycles. The van der Waals surface area contributed by atoms with Crippen LogP contribution in [0.2, 0.25) is 0 Å². The van der Waals surface area contributed by atoms with E-state index < -0.39 is 7.12 Å². The number of carbonyl (C=O) groups is 2. The van der Waals surface area contributed by atoms with E-state index in [-0.39, 0.29) is 33.1 Å². The second kappa shape index (κ2) is 40.7. The summed E-state index contributed by atoms with van der Waals surface area (Å²) in [5.41, 5.74) is 17.8. The van der Waals surface area contributed by atoms with E-state index in [1.807, 2.05) is 62.4 Å². The molecule has 0 aromatic heterocycles. The van der Waals surface area contributed by atoms with Gasteiger partial charge >= 0.3 is 31.4 Å². The summed E-state index contributed by atoms with van der Waals surface area (Å²) in [5.74, 6) is -0.671. The fraction of sp³-hybridized carbons (Fsp3) is 0.143. The third-order valence-corrected chi connectivity index (χ3v) is 15.5. The lowest BCUT2D eigenvalue weighted by Crippen LogP contribution is -2.29. The molecule has 0 atom stereocenters.